The third-order valence-corrected chi connectivity index (χ3v) is 3.90. The fourth-order valence-electron chi connectivity index (χ4n) is 1.78. The van der Waals surface area contributed by atoms with Gasteiger partial charge in [-0.1, -0.05) is 23.7 Å². The molecule has 20 heavy (non-hydrogen) atoms. The summed E-state index contributed by atoms with van der Waals surface area (Å²) in [6.07, 6.45) is -0.601. The van der Waals surface area contributed by atoms with Gasteiger partial charge in [-0.2, -0.15) is 0 Å². The smallest absolute Gasteiger partial charge is 0.118 e. The molecule has 0 spiro atoms. The summed E-state index contributed by atoms with van der Waals surface area (Å²) in [6, 6.07) is 13.1. The number of rotatable bonds is 5. The fourth-order valence-corrected chi connectivity index (χ4v) is 2.71. The van der Waals surface area contributed by atoms with Crippen LogP contribution in [0.3, 0.4) is 0 Å². The first kappa shape index (κ1) is 15.4. The molecule has 106 valence electrons. The molecule has 2 aromatic carbocycles. The summed E-state index contributed by atoms with van der Waals surface area (Å²) >= 11 is 8.34. The number of aliphatic hydroxyl groups excluding tert-OH is 1. The SMILES string of the molecule is COc1ccc(C(O)CNc2ccc(I)cc2Cl)cc1. The van der Waals surface area contributed by atoms with E-state index in [1.807, 2.05) is 42.5 Å². The van der Waals surface area contributed by atoms with Gasteiger partial charge >= 0.3 is 0 Å². The number of anilines is 1. The van der Waals surface area contributed by atoms with Crippen molar-refractivity contribution in [1.82, 2.24) is 0 Å². The summed E-state index contributed by atoms with van der Waals surface area (Å²) in [7, 11) is 1.62. The highest BCUT2D eigenvalue weighted by atomic mass is 127. The molecule has 0 aliphatic carbocycles. The van der Waals surface area contributed by atoms with Gasteiger partial charge in [-0.05, 0) is 58.5 Å². The van der Waals surface area contributed by atoms with Crippen molar-refractivity contribution in [2.45, 2.75) is 6.10 Å². The molecule has 1 unspecified atom stereocenters. The monoisotopic (exact) mass is 403 g/mol. The van der Waals surface area contributed by atoms with Crippen LogP contribution in [0.2, 0.25) is 5.02 Å². The number of aliphatic hydroxyl groups is 1. The maximum Gasteiger partial charge on any atom is 0.118 e. The molecule has 0 amide bonds. The first-order valence-corrected chi connectivity index (χ1v) is 7.57. The highest BCUT2D eigenvalue weighted by Crippen LogP contribution is 2.25. The summed E-state index contributed by atoms with van der Waals surface area (Å²) in [5.74, 6) is 0.773. The van der Waals surface area contributed by atoms with Crippen LogP contribution < -0.4 is 10.1 Å². The Bertz CT molecular complexity index is 575. The normalized spacial score (nSPS) is 12.0. The molecule has 0 aliphatic heterocycles. The summed E-state index contributed by atoms with van der Waals surface area (Å²) in [5, 5.41) is 13.9. The fraction of sp³-hybridized carbons (Fsp3) is 0.200. The van der Waals surface area contributed by atoms with E-state index in [4.69, 9.17) is 16.3 Å². The maximum atomic E-state index is 10.1. The van der Waals surface area contributed by atoms with Crippen molar-refractivity contribution in [2.24, 2.45) is 0 Å². The van der Waals surface area contributed by atoms with E-state index < -0.39 is 6.10 Å². The van der Waals surface area contributed by atoms with Crippen LogP contribution in [0.5, 0.6) is 5.75 Å². The topological polar surface area (TPSA) is 41.5 Å². The Hall–Kier alpha value is -0.980. The molecule has 5 heteroatoms. The number of methoxy groups -OCH3 is 1. The van der Waals surface area contributed by atoms with E-state index in [0.29, 0.717) is 11.6 Å². The quantitative estimate of drug-likeness (QED) is 0.739. The van der Waals surface area contributed by atoms with Gasteiger partial charge in [0, 0.05) is 10.1 Å². The minimum atomic E-state index is -0.601. The van der Waals surface area contributed by atoms with Crippen LogP contribution in [0.4, 0.5) is 5.69 Å². The summed E-state index contributed by atoms with van der Waals surface area (Å²) in [5.41, 5.74) is 1.65. The molecule has 0 bridgehead atoms. The van der Waals surface area contributed by atoms with E-state index in [0.717, 1.165) is 20.6 Å². The number of halogens is 2. The zero-order valence-corrected chi connectivity index (χ0v) is 13.9. The summed E-state index contributed by atoms with van der Waals surface area (Å²) < 4.78 is 6.17. The van der Waals surface area contributed by atoms with Crippen LogP contribution in [0.1, 0.15) is 11.7 Å². The molecule has 0 aromatic heterocycles. The minimum absolute atomic E-state index is 0.395. The van der Waals surface area contributed by atoms with Crippen LogP contribution >= 0.6 is 34.2 Å². The number of benzene rings is 2. The van der Waals surface area contributed by atoms with Crippen LogP contribution in [-0.4, -0.2) is 18.8 Å². The third kappa shape index (κ3) is 4.01. The van der Waals surface area contributed by atoms with E-state index >= 15 is 0 Å². The predicted octanol–water partition coefficient (Wildman–Crippen LogP) is 4.10. The highest BCUT2D eigenvalue weighted by molar-refractivity contribution is 14.1. The second-order valence-corrected chi connectivity index (χ2v) is 5.95. The molecule has 0 heterocycles. The Morgan fingerprint density at radius 1 is 1.25 bits per heavy atom. The first-order chi connectivity index (χ1) is 9.60. The van der Waals surface area contributed by atoms with Gasteiger partial charge in [-0.25, -0.2) is 0 Å². The van der Waals surface area contributed by atoms with Crippen molar-refractivity contribution >= 4 is 39.9 Å². The Kier molecular flexibility index (Phi) is 5.51. The van der Waals surface area contributed by atoms with Gasteiger partial charge in [-0.15, -0.1) is 0 Å². The van der Waals surface area contributed by atoms with Crippen molar-refractivity contribution in [2.75, 3.05) is 19.0 Å². The van der Waals surface area contributed by atoms with Crippen LogP contribution in [-0.2, 0) is 0 Å². The van der Waals surface area contributed by atoms with Gasteiger partial charge in [0.25, 0.3) is 0 Å². The van der Waals surface area contributed by atoms with E-state index in [1.165, 1.54) is 0 Å². The van der Waals surface area contributed by atoms with E-state index in [-0.39, 0.29) is 0 Å². The van der Waals surface area contributed by atoms with Crippen molar-refractivity contribution in [3.05, 3.63) is 56.6 Å². The zero-order valence-electron chi connectivity index (χ0n) is 10.9. The van der Waals surface area contributed by atoms with Gasteiger partial charge in [0.2, 0.25) is 0 Å². The molecule has 1 atom stereocenters. The van der Waals surface area contributed by atoms with Crippen molar-refractivity contribution in [3.63, 3.8) is 0 Å². The zero-order chi connectivity index (χ0) is 14.5. The van der Waals surface area contributed by atoms with Gasteiger partial charge in [0.05, 0.1) is 23.9 Å². The second kappa shape index (κ2) is 7.15. The van der Waals surface area contributed by atoms with Crippen LogP contribution in [0.25, 0.3) is 0 Å². The largest absolute Gasteiger partial charge is 0.497 e. The maximum absolute atomic E-state index is 10.1. The van der Waals surface area contributed by atoms with E-state index in [9.17, 15) is 5.11 Å². The molecular weight excluding hydrogens is 389 g/mol. The number of hydrogen-bond acceptors (Lipinski definition) is 3. The van der Waals surface area contributed by atoms with Crippen LogP contribution in [0.15, 0.2) is 42.5 Å². The van der Waals surface area contributed by atoms with Crippen LogP contribution in [0, 0.1) is 3.57 Å². The lowest BCUT2D eigenvalue weighted by Crippen LogP contribution is -2.12. The van der Waals surface area contributed by atoms with Crippen molar-refractivity contribution < 1.29 is 9.84 Å². The second-order valence-electron chi connectivity index (χ2n) is 4.29. The van der Waals surface area contributed by atoms with Gasteiger partial charge in [0.15, 0.2) is 0 Å². The Morgan fingerprint density at radius 3 is 2.55 bits per heavy atom. The average Bonchev–Trinajstić information content (AvgIpc) is 2.46. The average molecular weight is 404 g/mol. The first-order valence-electron chi connectivity index (χ1n) is 6.11. The molecular formula is C15H15ClINO2. The lowest BCUT2D eigenvalue weighted by molar-refractivity contribution is 0.191. The van der Waals surface area contributed by atoms with Gasteiger partial charge < -0.3 is 15.2 Å². The van der Waals surface area contributed by atoms with E-state index in [2.05, 4.69) is 27.9 Å². The number of ether oxygens (including phenoxy) is 1. The number of nitrogens with one attached hydrogen (secondary N) is 1. The lowest BCUT2D eigenvalue weighted by atomic mass is 10.1. The molecule has 0 saturated carbocycles. The molecule has 0 fully saturated rings. The standard InChI is InChI=1S/C15H15ClINO2/c1-20-12-5-2-10(3-6-12)15(19)9-18-14-7-4-11(17)8-13(14)16/h2-8,15,18-19H,9H2,1H3. The van der Waals surface area contributed by atoms with E-state index in [1.54, 1.807) is 7.11 Å². The highest BCUT2D eigenvalue weighted by Gasteiger charge is 2.08. The molecule has 0 aliphatic rings. The third-order valence-electron chi connectivity index (χ3n) is 2.92. The summed E-state index contributed by atoms with van der Waals surface area (Å²) in [4.78, 5) is 0. The Morgan fingerprint density at radius 2 is 1.95 bits per heavy atom. The van der Waals surface area contributed by atoms with Crippen molar-refractivity contribution in [3.8, 4) is 5.75 Å². The minimum Gasteiger partial charge on any atom is -0.497 e. The Labute approximate surface area is 137 Å². The Balaban J connectivity index is 1.98. The van der Waals surface area contributed by atoms with Crippen molar-refractivity contribution in [1.29, 1.82) is 0 Å². The van der Waals surface area contributed by atoms with Gasteiger partial charge in [0.1, 0.15) is 5.75 Å². The molecule has 2 rings (SSSR count). The molecule has 2 N–H and O–H groups in total. The molecule has 0 radical (unpaired) electrons. The molecule has 2 aromatic rings. The molecule has 0 saturated heterocycles. The van der Waals surface area contributed by atoms with Gasteiger partial charge in [-0.3, -0.25) is 0 Å². The predicted molar refractivity (Wildman–Crippen MR) is 90.6 cm³/mol. The summed E-state index contributed by atoms with van der Waals surface area (Å²) in [6.45, 7) is 0.395. The number of hydrogen-bond donors (Lipinski definition) is 2. The lowest BCUT2D eigenvalue weighted by Gasteiger charge is -2.14. The molecule has 3 nitrogen and oxygen atoms in total.